The third kappa shape index (κ3) is 33.6. The molecule has 0 aromatic heterocycles. The zero-order chi connectivity index (χ0) is 63.9. The maximum absolute atomic E-state index is 13.2. The fourth-order valence-electron chi connectivity index (χ4n) is 7.87. The molecule has 1 radical (unpaired) electrons. The number of aliphatic carboxylic acids is 10. The van der Waals surface area contributed by atoms with Gasteiger partial charge < -0.3 is 131 Å². The number of carbonyl (C=O) groups is 15. The lowest BCUT2D eigenvalue weighted by Crippen LogP contribution is -2.57. The Bertz CT molecular complexity index is 2200. The highest BCUT2D eigenvalue weighted by Gasteiger charge is 2.41. The summed E-state index contributed by atoms with van der Waals surface area (Å²) in [5, 5.41) is 126. The van der Waals surface area contributed by atoms with Gasteiger partial charge in [-0.15, -0.1) is 0 Å². The third-order valence-corrected chi connectivity index (χ3v) is 12.1. The molecule has 0 saturated heterocycles. The summed E-state index contributed by atoms with van der Waals surface area (Å²) in [6, 6.07) is -6.84. The molecule has 38 nitrogen and oxygen atoms in total. The molecule has 1 rings (SSSR count). The van der Waals surface area contributed by atoms with E-state index in [0.717, 1.165) is 29.4 Å². The van der Waals surface area contributed by atoms with E-state index < -0.39 is 276 Å². The van der Waals surface area contributed by atoms with Gasteiger partial charge in [0.2, 0.25) is 29.5 Å². The van der Waals surface area contributed by atoms with Crippen molar-refractivity contribution in [2.75, 3.05) is 124 Å². The molecule has 0 aromatic carbocycles. The largest absolute Gasteiger partial charge is 0.549 e. The SMILES string of the molecule is [NH]C(CNC(=O)CC[C@@H](C(=O)[O-])N(CCN(CC(=O)[O-])CC(=O)[O-])CCN(CC(=O)[O-])CC(=O)[O-])C(=O)NCCC(=O)NC(CNC(=O)CC[C@@H](C(=O)[O-])N(CCN(CC(=O)[O-])CC(=O)[O-])CCN(CC(=O)[O-])CC(=O)[O-])C(=O)NC1(N)CC1. The second-order valence-corrected chi connectivity index (χ2v) is 19.1. The molecule has 0 aromatic rings. The maximum Gasteiger partial charge on any atom is 0.245 e. The second-order valence-electron chi connectivity index (χ2n) is 19.1. The first kappa shape index (κ1) is 73.7. The van der Waals surface area contributed by atoms with E-state index in [1.165, 1.54) is 0 Å². The fraction of sp³-hybridized carbons (Fsp3) is 0.674. The minimum Gasteiger partial charge on any atom is -0.549 e. The van der Waals surface area contributed by atoms with Crippen molar-refractivity contribution in [3.05, 3.63) is 0 Å². The van der Waals surface area contributed by atoms with Crippen LogP contribution in [0.2, 0.25) is 0 Å². The van der Waals surface area contributed by atoms with E-state index in [2.05, 4.69) is 26.6 Å². The first-order valence-corrected chi connectivity index (χ1v) is 25.5. The van der Waals surface area contributed by atoms with Crippen LogP contribution in [0.15, 0.2) is 0 Å². The van der Waals surface area contributed by atoms with Gasteiger partial charge >= 0.3 is 0 Å². The van der Waals surface area contributed by atoms with E-state index in [9.17, 15) is 123 Å². The molecular weight excluding hydrogens is 1130 g/mol. The van der Waals surface area contributed by atoms with E-state index in [1.807, 2.05) is 0 Å². The summed E-state index contributed by atoms with van der Waals surface area (Å²) in [6.07, 6.45) is -2.44. The summed E-state index contributed by atoms with van der Waals surface area (Å²) in [4.78, 5) is 185. The summed E-state index contributed by atoms with van der Waals surface area (Å²) in [5.74, 6) is -22.2. The molecule has 1 saturated carbocycles. The Hall–Kier alpha value is -8.27. The van der Waals surface area contributed by atoms with Crippen molar-refractivity contribution < 1.29 is 123 Å². The Balaban J connectivity index is 3.03. The number of rotatable bonds is 49. The normalized spacial score (nSPS) is 14.0. The summed E-state index contributed by atoms with van der Waals surface area (Å²) in [7, 11) is 0. The summed E-state index contributed by atoms with van der Waals surface area (Å²) < 4.78 is 0. The number of nitrogens with two attached hydrogens (primary N) is 1. The summed E-state index contributed by atoms with van der Waals surface area (Å²) in [5.41, 5.74) is 13.0. The van der Waals surface area contributed by atoms with Crippen LogP contribution < -0.4 is 89.1 Å². The lowest BCUT2D eigenvalue weighted by atomic mass is 10.1. The Morgan fingerprint density at radius 1 is 0.417 bits per heavy atom. The van der Waals surface area contributed by atoms with Crippen molar-refractivity contribution in [2.24, 2.45) is 5.73 Å². The van der Waals surface area contributed by atoms with Crippen LogP contribution in [0.3, 0.4) is 0 Å². The number of hydrogen-bond donors (Lipinski definition) is 6. The zero-order valence-electron chi connectivity index (χ0n) is 45.2. The van der Waals surface area contributed by atoms with Crippen LogP contribution in [-0.4, -0.2) is 273 Å². The number of carbonyl (C=O) groups excluding carboxylic acids is 15. The number of amides is 5. The Labute approximate surface area is 478 Å². The van der Waals surface area contributed by atoms with Crippen LogP contribution in [0.1, 0.15) is 44.9 Å². The van der Waals surface area contributed by atoms with Crippen LogP contribution >= 0.6 is 0 Å². The quantitative estimate of drug-likeness (QED) is 0.0308. The van der Waals surface area contributed by atoms with Crippen LogP contribution in [0.25, 0.3) is 0 Å². The Morgan fingerprint density at radius 2 is 0.726 bits per heavy atom. The van der Waals surface area contributed by atoms with Gasteiger partial charge in [0.05, 0.1) is 65.4 Å². The van der Waals surface area contributed by atoms with E-state index in [4.69, 9.17) is 11.5 Å². The molecule has 473 valence electrons. The first-order valence-electron chi connectivity index (χ1n) is 25.5. The molecule has 5 amide bonds. The van der Waals surface area contributed by atoms with Gasteiger partial charge in [-0.25, -0.2) is 5.73 Å². The van der Waals surface area contributed by atoms with E-state index in [1.54, 1.807) is 0 Å². The van der Waals surface area contributed by atoms with Crippen molar-refractivity contribution in [3.63, 3.8) is 0 Å². The predicted octanol–water partition coefficient (Wildman–Crippen LogP) is -22.0. The van der Waals surface area contributed by atoms with E-state index in [0.29, 0.717) is 12.8 Å². The van der Waals surface area contributed by atoms with Crippen molar-refractivity contribution in [1.29, 1.82) is 0 Å². The van der Waals surface area contributed by atoms with Crippen molar-refractivity contribution in [1.82, 2.24) is 61.7 Å². The highest BCUT2D eigenvalue weighted by molar-refractivity contribution is 5.90. The average molecular weight is 1200 g/mol. The molecule has 0 aliphatic heterocycles. The van der Waals surface area contributed by atoms with Crippen LogP contribution in [0.4, 0.5) is 0 Å². The lowest BCUT2D eigenvalue weighted by Gasteiger charge is -2.36. The smallest absolute Gasteiger partial charge is 0.245 e. The lowest BCUT2D eigenvalue weighted by molar-refractivity contribution is -0.314. The molecule has 1 aliphatic rings. The highest BCUT2D eigenvalue weighted by atomic mass is 16.4. The van der Waals surface area contributed by atoms with Gasteiger partial charge in [0.1, 0.15) is 12.1 Å². The third-order valence-electron chi connectivity index (χ3n) is 12.1. The molecule has 2 unspecified atom stereocenters. The van der Waals surface area contributed by atoms with Gasteiger partial charge in [0.15, 0.2) is 0 Å². The standard InChI is InChI=1S/C46H74N13O25/c47-27(17-50-31(60)3-1-29(44(81)82)58(13-9-54(19-34(63)64)20-35(65)66)14-10-55(21-36(67)68)22-37(69)70)42(79)49-8-5-33(62)52-28(43(80)53-46(48)6-7-46)18-51-32(61)4-2-30(45(83)84)59(15-11-56(23-38(71)72)24-39(73)74)16-12-57(25-40(75)76)26-41(77)78/h27-30,47H,1-26,48H2,(H,49,79)(H,50,60)(H,51,61)(H,52,62)(H,53,80)(H,63,64)(H,65,66)(H,67,68)(H,69,70)(H,71,72)(H,73,74)(H,75,76)(H,77,78)(H,81,82)(H,83,84)/p-10/t27?,28?,29-,30-/m0/s1. The number of nitrogens with zero attached hydrogens (tertiary/aromatic N) is 6. The van der Waals surface area contributed by atoms with Gasteiger partial charge in [-0.05, 0) is 25.7 Å². The van der Waals surface area contributed by atoms with Gasteiger partial charge in [-0.2, -0.15) is 0 Å². The van der Waals surface area contributed by atoms with Crippen molar-refractivity contribution in [3.8, 4) is 0 Å². The second kappa shape index (κ2) is 37.8. The zero-order valence-corrected chi connectivity index (χ0v) is 45.2. The van der Waals surface area contributed by atoms with Crippen molar-refractivity contribution >= 4 is 89.2 Å². The van der Waals surface area contributed by atoms with Gasteiger partial charge in [-0.3, -0.25) is 53.4 Å². The molecule has 38 heteroatoms. The molecule has 0 spiro atoms. The first-order chi connectivity index (χ1) is 39.2. The van der Waals surface area contributed by atoms with Gasteiger partial charge in [0, 0.05) is 156 Å². The number of nitrogens with one attached hydrogen (secondary N) is 6. The van der Waals surface area contributed by atoms with Crippen LogP contribution in [0.5, 0.6) is 0 Å². The van der Waals surface area contributed by atoms with Crippen LogP contribution in [-0.2, 0) is 71.9 Å². The van der Waals surface area contributed by atoms with E-state index >= 15 is 0 Å². The Kier molecular flexibility index (Phi) is 33.1. The molecule has 84 heavy (non-hydrogen) atoms. The maximum atomic E-state index is 13.2. The number of hydrogen-bond acceptors (Lipinski definition) is 32. The topological polar surface area (TPSA) is 616 Å². The van der Waals surface area contributed by atoms with Crippen LogP contribution in [0, 0.1) is 0 Å². The van der Waals surface area contributed by atoms with E-state index in [-0.39, 0.29) is 0 Å². The average Bonchev–Trinajstić information content (AvgIpc) is 3.92. The number of carboxylic acid groups (broad SMARTS) is 10. The minimum atomic E-state index is -1.84. The number of carboxylic acids is 10. The van der Waals surface area contributed by atoms with Gasteiger partial charge in [0.25, 0.3) is 0 Å². The molecular formula is C46H64N13O25-10. The monoisotopic (exact) mass is 1200 g/mol. The summed E-state index contributed by atoms with van der Waals surface area (Å²) in [6.45, 7) is -13.4. The summed E-state index contributed by atoms with van der Waals surface area (Å²) >= 11 is 0. The Morgan fingerprint density at radius 3 is 1.01 bits per heavy atom. The molecule has 1 aliphatic carbocycles. The minimum absolute atomic E-state index is 0.332. The molecule has 8 N–H and O–H groups in total. The molecule has 0 bridgehead atoms. The molecule has 4 atom stereocenters. The van der Waals surface area contributed by atoms with Crippen molar-refractivity contribution in [2.45, 2.75) is 74.8 Å². The highest BCUT2D eigenvalue weighted by Crippen LogP contribution is 2.28. The molecule has 0 heterocycles. The fourth-order valence-corrected chi connectivity index (χ4v) is 7.87. The van der Waals surface area contributed by atoms with Gasteiger partial charge in [-0.1, -0.05) is 0 Å². The molecule has 1 fully saturated rings. The predicted molar refractivity (Wildman–Crippen MR) is 252 cm³/mol.